The van der Waals surface area contributed by atoms with Crippen molar-refractivity contribution in [2.45, 2.75) is 45.7 Å². The Kier molecular flexibility index (Phi) is 7.96. The van der Waals surface area contributed by atoms with Crippen molar-refractivity contribution in [2.75, 3.05) is 16.5 Å². The molecule has 1 saturated heterocycles. The molecule has 3 rings (SSSR count). The largest absolute Gasteiger partial charge is 0.353 e. The molecule has 2 aromatic rings. The van der Waals surface area contributed by atoms with Crippen LogP contribution in [0.2, 0.25) is 5.02 Å². The number of anilines is 2. The number of hydrogen-bond donors (Lipinski definition) is 2. The molecule has 0 bridgehead atoms. The van der Waals surface area contributed by atoms with E-state index in [1.807, 2.05) is 25.5 Å². The number of hydrogen-bond acceptors (Lipinski definition) is 6. The molecule has 1 aliphatic rings. The van der Waals surface area contributed by atoms with Gasteiger partial charge in [0.25, 0.3) is 5.91 Å². The first-order valence-electron chi connectivity index (χ1n) is 11.2. The molecule has 1 fully saturated rings. The van der Waals surface area contributed by atoms with Gasteiger partial charge < -0.3 is 10.2 Å². The van der Waals surface area contributed by atoms with Crippen LogP contribution < -0.4 is 14.9 Å². The molecule has 3 atom stereocenters. The summed E-state index contributed by atoms with van der Waals surface area (Å²) in [6, 6.07) is 11.0. The van der Waals surface area contributed by atoms with Gasteiger partial charge in [0.15, 0.2) is 0 Å². The second kappa shape index (κ2) is 10.4. The second-order valence-electron chi connectivity index (χ2n) is 10.1. The van der Waals surface area contributed by atoms with Crippen LogP contribution in [0.4, 0.5) is 15.8 Å². The topological polar surface area (TPSA) is 119 Å². The zero-order chi connectivity index (χ0) is 26.8. The van der Waals surface area contributed by atoms with Gasteiger partial charge in [-0.25, -0.2) is 17.5 Å². The summed E-state index contributed by atoms with van der Waals surface area (Å²) in [5.74, 6) is -2.32. The molecule has 2 amide bonds. The fourth-order valence-electron chi connectivity index (χ4n) is 4.37. The third-order valence-corrected chi connectivity index (χ3v) is 6.60. The van der Waals surface area contributed by atoms with E-state index in [9.17, 15) is 23.3 Å². The average molecular weight is 535 g/mol. The third-order valence-electron chi connectivity index (χ3n) is 5.81. The van der Waals surface area contributed by atoms with Crippen LogP contribution in [0.25, 0.3) is 0 Å². The first-order chi connectivity index (χ1) is 16.7. The zero-order valence-electron chi connectivity index (χ0n) is 20.4. The summed E-state index contributed by atoms with van der Waals surface area (Å²) < 4.78 is 39.4. The quantitative estimate of drug-likeness (QED) is 0.569. The van der Waals surface area contributed by atoms with Crippen LogP contribution in [-0.2, 0) is 14.8 Å². The number of halogens is 2. The SMILES string of the molecule is CC(C)(C)CC1C(C#N)CC(C(=O)Nc2ccc(C(=O)NS(C)(=O)=O)cc2)N1c1ccc(Cl)cc1F. The Morgan fingerprint density at radius 3 is 2.36 bits per heavy atom. The molecule has 2 N–H and O–H groups in total. The maximum Gasteiger partial charge on any atom is 0.264 e. The lowest BCUT2D eigenvalue weighted by atomic mass is 9.83. The summed E-state index contributed by atoms with van der Waals surface area (Å²) in [4.78, 5) is 27.1. The number of amides is 2. The highest BCUT2D eigenvalue weighted by Crippen LogP contribution is 2.41. The molecular weight excluding hydrogens is 507 g/mol. The zero-order valence-corrected chi connectivity index (χ0v) is 22.0. The van der Waals surface area contributed by atoms with E-state index in [2.05, 4.69) is 11.4 Å². The van der Waals surface area contributed by atoms with Crippen molar-refractivity contribution in [3.05, 3.63) is 58.9 Å². The molecule has 0 aromatic heterocycles. The number of carbonyl (C=O) groups is 2. The van der Waals surface area contributed by atoms with Gasteiger partial charge >= 0.3 is 0 Å². The lowest BCUT2D eigenvalue weighted by Crippen LogP contribution is -2.45. The molecule has 0 aliphatic carbocycles. The van der Waals surface area contributed by atoms with Crippen LogP contribution in [0.5, 0.6) is 0 Å². The molecule has 36 heavy (non-hydrogen) atoms. The smallest absolute Gasteiger partial charge is 0.264 e. The van der Waals surface area contributed by atoms with Crippen LogP contribution >= 0.6 is 11.6 Å². The van der Waals surface area contributed by atoms with Gasteiger partial charge in [0.2, 0.25) is 15.9 Å². The summed E-state index contributed by atoms with van der Waals surface area (Å²) in [6.07, 6.45) is 1.64. The third kappa shape index (κ3) is 6.74. The number of nitrogens with one attached hydrogen (secondary N) is 2. The van der Waals surface area contributed by atoms with Crippen LogP contribution in [0.3, 0.4) is 0 Å². The van der Waals surface area contributed by atoms with E-state index in [1.54, 1.807) is 11.0 Å². The van der Waals surface area contributed by atoms with Gasteiger partial charge in [-0.15, -0.1) is 0 Å². The molecule has 0 spiro atoms. The Bertz CT molecular complexity index is 1300. The Morgan fingerprint density at radius 1 is 1.19 bits per heavy atom. The van der Waals surface area contributed by atoms with E-state index >= 15 is 4.39 Å². The van der Waals surface area contributed by atoms with Crippen LogP contribution in [-0.4, -0.2) is 38.6 Å². The van der Waals surface area contributed by atoms with Crippen molar-refractivity contribution in [1.29, 1.82) is 5.26 Å². The van der Waals surface area contributed by atoms with Gasteiger partial charge in [-0.1, -0.05) is 32.4 Å². The molecular formula is C25H28ClFN4O4S. The van der Waals surface area contributed by atoms with Crippen molar-refractivity contribution in [3.8, 4) is 6.07 Å². The summed E-state index contributed by atoms with van der Waals surface area (Å²) in [5.41, 5.74) is 0.466. The maximum absolute atomic E-state index is 15.0. The van der Waals surface area contributed by atoms with Crippen LogP contribution in [0.15, 0.2) is 42.5 Å². The molecule has 0 saturated carbocycles. The number of benzene rings is 2. The highest BCUT2D eigenvalue weighted by molar-refractivity contribution is 7.89. The number of rotatable bonds is 6. The van der Waals surface area contributed by atoms with Crippen molar-refractivity contribution in [1.82, 2.24) is 4.72 Å². The van der Waals surface area contributed by atoms with Crippen molar-refractivity contribution < 1.29 is 22.4 Å². The first-order valence-corrected chi connectivity index (χ1v) is 13.5. The molecule has 3 unspecified atom stereocenters. The number of nitrogens with zero attached hydrogens (tertiary/aromatic N) is 2. The van der Waals surface area contributed by atoms with Gasteiger partial charge in [-0.3, -0.25) is 9.59 Å². The van der Waals surface area contributed by atoms with Gasteiger partial charge in [-0.05, 0) is 60.7 Å². The summed E-state index contributed by atoms with van der Waals surface area (Å²) >= 11 is 5.95. The average Bonchev–Trinajstić information content (AvgIpc) is 3.09. The van der Waals surface area contributed by atoms with E-state index in [-0.39, 0.29) is 28.1 Å². The molecule has 0 radical (unpaired) electrons. The maximum atomic E-state index is 15.0. The van der Waals surface area contributed by atoms with Crippen molar-refractivity contribution in [2.24, 2.45) is 11.3 Å². The molecule has 1 heterocycles. The Labute approximate surface area is 215 Å². The van der Waals surface area contributed by atoms with Gasteiger partial charge in [0.05, 0.1) is 23.9 Å². The van der Waals surface area contributed by atoms with Crippen molar-refractivity contribution in [3.63, 3.8) is 0 Å². The monoisotopic (exact) mass is 534 g/mol. The minimum Gasteiger partial charge on any atom is -0.353 e. The molecule has 2 aromatic carbocycles. The van der Waals surface area contributed by atoms with Crippen molar-refractivity contribution >= 4 is 44.8 Å². The second-order valence-corrected chi connectivity index (χ2v) is 12.3. The van der Waals surface area contributed by atoms with Crippen LogP contribution in [0.1, 0.15) is 44.0 Å². The van der Waals surface area contributed by atoms with E-state index in [4.69, 9.17) is 11.6 Å². The standard InChI is InChI=1S/C25H28ClFN4O4S/c1-25(2,3)13-22-16(14-28)11-21(31(22)20-10-7-17(26)12-19(20)27)24(33)29-18-8-5-15(6-9-18)23(32)30-36(4,34)35/h5-10,12,16,21-22H,11,13H2,1-4H3,(H,29,33)(H,30,32). The minimum absolute atomic E-state index is 0.0962. The van der Waals surface area contributed by atoms with Gasteiger partial charge in [0, 0.05) is 22.3 Å². The lowest BCUT2D eigenvalue weighted by Gasteiger charge is -2.36. The van der Waals surface area contributed by atoms with E-state index in [0.29, 0.717) is 12.1 Å². The van der Waals surface area contributed by atoms with E-state index in [1.165, 1.54) is 36.4 Å². The molecule has 8 nitrogen and oxygen atoms in total. The Balaban J connectivity index is 1.90. The number of nitriles is 1. The van der Waals surface area contributed by atoms with Gasteiger partial charge in [-0.2, -0.15) is 5.26 Å². The van der Waals surface area contributed by atoms with E-state index in [0.717, 1.165) is 6.26 Å². The van der Waals surface area contributed by atoms with Gasteiger partial charge in [0.1, 0.15) is 11.9 Å². The number of carbonyl (C=O) groups excluding carboxylic acids is 2. The molecule has 1 aliphatic heterocycles. The fourth-order valence-corrected chi connectivity index (χ4v) is 4.98. The normalized spacial score (nSPS) is 20.0. The Hall–Kier alpha value is -3.16. The lowest BCUT2D eigenvalue weighted by molar-refractivity contribution is -0.117. The fraction of sp³-hybridized carbons (Fsp3) is 0.400. The Morgan fingerprint density at radius 2 is 1.83 bits per heavy atom. The summed E-state index contributed by atoms with van der Waals surface area (Å²) in [7, 11) is -3.72. The highest BCUT2D eigenvalue weighted by atomic mass is 35.5. The molecule has 192 valence electrons. The first kappa shape index (κ1) is 27.4. The predicted octanol–water partition coefficient (Wildman–Crippen LogP) is 4.33. The summed E-state index contributed by atoms with van der Waals surface area (Å²) in [5, 5.41) is 12.9. The highest BCUT2D eigenvalue weighted by Gasteiger charge is 2.46. The van der Waals surface area contributed by atoms with Crippen LogP contribution in [0, 0.1) is 28.5 Å². The minimum atomic E-state index is -3.72. The molecule has 11 heteroatoms. The summed E-state index contributed by atoms with van der Waals surface area (Å²) in [6.45, 7) is 6.06. The number of sulfonamides is 1. The predicted molar refractivity (Wildman–Crippen MR) is 137 cm³/mol. The van der Waals surface area contributed by atoms with E-state index < -0.39 is 45.7 Å².